The second-order valence-electron chi connectivity index (χ2n) is 2.35. The Labute approximate surface area is 68.4 Å². The van der Waals surface area contributed by atoms with Crippen LogP contribution in [0.5, 0.6) is 0 Å². The SMILES string of the molecule is OB(O)c1cccc2ncnn12. The minimum Gasteiger partial charge on any atom is -0.422 e. The number of fused-ring (bicyclic) bond motifs is 1. The summed E-state index contributed by atoms with van der Waals surface area (Å²) in [5.74, 6) is 0. The maximum absolute atomic E-state index is 8.91. The number of aromatic nitrogens is 3. The van der Waals surface area contributed by atoms with Gasteiger partial charge in [-0.2, -0.15) is 5.10 Å². The standard InChI is InChI=1S/C6H6BN3O2/c11-7(12)5-2-1-3-6-8-4-9-10(5)6/h1-4,11-12H. The van der Waals surface area contributed by atoms with Crippen molar-refractivity contribution in [1.82, 2.24) is 14.6 Å². The molecular formula is C6H6BN3O2. The van der Waals surface area contributed by atoms with Gasteiger partial charge in [0.25, 0.3) is 0 Å². The predicted octanol–water partition coefficient (Wildman–Crippen LogP) is -1.59. The molecule has 0 spiro atoms. The number of hydrogen-bond donors (Lipinski definition) is 2. The van der Waals surface area contributed by atoms with Gasteiger partial charge >= 0.3 is 7.12 Å². The maximum atomic E-state index is 8.91. The first-order valence-electron chi connectivity index (χ1n) is 3.44. The molecule has 0 saturated carbocycles. The van der Waals surface area contributed by atoms with E-state index in [1.165, 1.54) is 10.8 Å². The Hall–Kier alpha value is -1.40. The van der Waals surface area contributed by atoms with Crippen LogP contribution >= 0.6 is 0 Å². The minimum absolute atomic E-state index is 0.310. The molecule has 0 fully saturated rings. The third-order valence-electron chi connectivity index (χ3n) is 1.60. The number of nitrogens with zero attached hydrogens (tertiary/aromatic N) is 3. The summed E-state index contributed by atoms with van der Waals surface area (Å²) in [6.07, 6.45) is 1.36. The predicted molar refractivity (Wildman–Crippen MR) is 42.8 cm³/mol. The molecule has 0 aliphatic rings. The first-order valence-corrected chi connectivity index (χ1v) is 3.44. The summed E-state index contributed by atoms with van der Waals surface area (Å²) < 4.78 is 1.38. The van der Waals surface area contributed by atoms with Gasteiger partial charge < -0.3 is 10.0 Å². The number of hydrogen-bond acceptors (Lipinski definition) is 4. The third-order valence-corrected chi connectivity index (χ3v) is 1.60. The van der Waals surface area contributed by atoms with Crippen molar-refractivity contribution < 1.29 is 10.0 Å². The molecule has 60 valence electrons. The van der Waals surface area contributed by atoms with Gasteiger partial charge in [-0.1, -0.05) is 6.07 Å². The van der Waals surface area contributed by atoms with Crippen LogP contribution in [0.2, 0.25) is 0 Å². The van der Waals surface area contributed by atoms with E-state index in [0.29, 0.717) is 11.2 Å². The fourth-order valence-corrected chi connectivity index (χ4v) is 1.06. The highest BCUT2D eigenvalue weighted by atomic mass is 16.4. The first-order chi connectivity index (χ1) is 5.79. The van der Waals surface area contributed by atoms with Crippen molar-refractivity contribution in [3.63, 3.8) is 0 Å². The molecule has 0 unspecified atom stereocenters. The molecule has 2 aromatic rings. The summed E-state index contributed by atoms with van der Waals surface area (Å²) in [7, 11) is -1.52. The van der Waals surface area contributed by atoms with Gasteiger partial charge in [0.1, 0.15) is 6.33 Å². The van der Waals surface area contributed by atoms with Crippen LogP contribution in [0.25, 0.3) is 5.65 Å². The van der Waals surface area contributed by atoms with Crippen molar-refractivity contribution in [2.75, 3.05) is 0 Å². The lowest BCUT2D eigenvalue weighted by atomic mass is 9.86. The summed E-state index contributed by atoms with van der Waals surface area (Å²) in [4.78, 5) is 3.89. The average Bonchev–Trinajstić information content (AvgIpc) is 2.49. The van der Waals surface area contributed by atoms with E-state index in [0.717, 1.165) is 0 Å². The zero-order chi connectivity index (χ0) is 8.55. The molecule has 6 heteroatoms. The Balaban J connectivity index is 2.73. The van der Waals surface area contributed by atoms with Gasteiger partial charge in [0, 0.05) is 0 Å². The van der Waals surface area contributed by atoms with Crippen LogP contribution in [-0.4, -0.2) is 31.8 Å². The molecule has 2 N–H and O–H groups in total. The van der Waals surface area contributed by atoms with Crippen LogP contribution in [0, 0.1) is 0 Å². The van der Waals surface area contributed by atoms with E-state index in [-0.39, 0.29) is 0 Å². The van der Waals surface area contributed by atoms with Gasteiger partial charge in [-0.25, -0.2) is 9.50 Å². The van der Waals surface area contributed by atoms with Crippen LogP contribution in [-0.2, 0) is 0 Å². The molecule has 0 aliphatic carbocycles. The summed E-state index contributed by atoms with van der Waals surface area (Å²) in [5.41, 5.74) is 0.908. The minimum atomic E-state index is -1.52. The molecule has 2 rings (SSSR count). The largest absolute Gasteiger partial charge is 0.508 e. The monoisotopic (exact) mass is 163 g/mol. The van der Waals surface area contributed by atoms with E-state index in [1.54, 1.807) is 18.2 Å². The van der Waals surface area contributed by atoms with E-state index < -0.39 is 7.12 Å². The third kappa shape index (κ3) is 0.974. The number of pyridine rings is 1. The molecule has 0 radical (unpaired) electrons. The van der Waals surface area contributed by atoms with E-state index >= 15 is 0 Å². The fraction of sp³-hybridized carbons (Fsp3) is 0. The lowest BCUT2D eigenvalue weighted by Crippen LogP contribution is -2.35. The molecule has 0 aromatic carbocycles. The molecule has 0 amide bonds. The van der Waals surface area contributed by atoms with Gasteiger partial charge in [0.2, 0.25) is 0 Å². The molecule has 5 nitrogen and oxygen atoms in total. The maximum Gasteiger partial charge on any atom is 0.508 e. The topological polar surface area (TPSA) is 70.7 Å². The molecule has 0 atom stereocenters. The molecule has 12 heavy (non-hydrogen) atoms. The summed E-state index contributed by atoms with van der Waals surface area (Å²) in [5, 5.41) is 21.6. The van der Waals surface area contributed by atoms with E-state index in [2.05, 4.69) is 10.1 Å². The molecule has 0 aliphatic heterocycles. The first kappa shape index (κ1) is 7.26. The summed E-state index contributed by atoms with van der Waals surface area (Å²) in [6.45, 7) is 0. The molecule has 0 saturated heterocycles. The van der Waals surface area contributed by atoms with Gasteiger partial charge in [-0.15, -0.1) is 0 Å². The van der Waals surface area contributed by atoms with Crippen LogP contribution in [0.4, 0.5) is 0 Å². The zero-order valence-corrected chi connectivity index (χ0v) is 6.12. The van der Waals surface area contributed by atoms with Crippen LogP contribution in [0.3, 0.4) is 0 Å². The summed E-state index contributed by atoms with van der Waals surface area (Å²) >= 11 is 0. The normalized spacial score (nSPS) is 10.5. The van der Waals surface area contributed by atoms with E-state index in [4.69, 9.17) is 10.0 Å². The van der Waals surface area contributed by atoms with Gasteiger partial charge in [0.15, 0.2) is 5.65 Å². The van der Waals surface area contributed by atoms with Crippen molar-refractivity contribution in [3.05, 3.63) is 24.5 Å². The van der Waals surface area contributed by atoms with Gasteiger partial charge in [-0.3, -0.25) is 0 Å². The van der Waals surface area contributed by atoms with Crippen LogP contribution in [0.1, 0.15) is 0 Å². The van der Waals surface area contributed by atoms with Gasteiger partial charge in [-0.05, 0) is 12.1 Å². The Kier molecular flexibility index (Phi) is 1.56. The highest BCUT2D eigenvalue weighted by Gasteiger charge is 2.14. The molecule has 2 aromatic heterocycles. The number of rotatable bonds is 1. The van der Waals surface area contributed by atoms with Gasteiger partial charge in [0.05, 0.1) is 5.59 Å². The van der Waals surface area contributed by atoms with Crippen molar-refractivity contribution in [2.24, 2.45) is 0 Å². The van der Waals surface area contributed by atoms with Crippen molar-refractivity contribution in [2.45, 2.75) is 0 Å². The average molecular weight is 163 g/mol. The second-order valence-corrected chi connectivity index (χ2v) is 2.35. The Morgan fingerprint density at radius 1 is 1.33 bits per heavy atom. The Morgan fingerprint density at radius 3 is 2.92 bits per heavy atom. The van der Waals surface area contributed by atoms with Crippen LogP contribution < -0.4 is 5.59 Å². The lowest BCUT2D eigenvalue weighted by Gasteiger charge is -2.00. The highest BCUT2D eigenvalue weighted by Crippen LogP contribution is 1.93. The lowest BCUT2D eigenvalue weighted by molar-refractivity contribution is 0.423. The van der Waals surface area contributed by atoms with Crippen LogP contribution in [0.15, 0.2) is 24.5 Å². The zero-order valence-electron chi connectivity index (χ0n) is 6.12. The van der Waals surface area contributed by atoms with E-state index in [9.17, 15) is 0 Å². The Morgan fingerprint density at radius 2 is 2.17 bits per heavy atom. The fourth-order valence-electron chi connectivity index (χ4n) is 1.06. The van der Waals surface area contributed by atoms with Crippen molar-refractivity contribution in [1.29, 1.82) is 0 Å². The molecule has 2 heterocycles. The van der Waals surface area contributed by atoms with Crippen molar-refractivity contribution >= 4 is 18.4 Å². The summed E-state index contributed by atoms with van der Waals surface area (Å²) in [6, 6.07) is 5.00. The second kappa shape index (κ2) is 2.58. The smallest absolute Gasteiger partial charge is 0.422 e. The van der Waals surface area contributed by atoms with Crippen molar-refractivity contribution in [3.8, 4) is 0 Å². The molecular weight excluding hydrogens is 157 g/mol. The highest BCUT2D eigenvalue weighted by molar-refractivity contribution is 6.57. The van der Waals surface area contributed by atoms with E-state index in [1.807, 2.05) is 0 Å². The Bertz CT molecular complexity index is 400. The quantitative estimate of drug-likeness (QED) is 0.497. The molecule has 0 bridgehead atoms.